The molecule has 3 amide bonds. The van der Waals surface area contributed by atoms with Crippen LogP contribution in [0.1, 0.15) is 196 Å². The lowest BCUT2D eigenvalue weighted by Gasteiger charge is -2.40. The van der Waals surface area contributed by atoms with E-state index >= 15 is 9.59 Å². The smallest absolute Gasteiger partial charge is 0.343 e. The first-order valence-corrected chi connectivity index (χ1v) is 46.5. The Kier molecular flexibility index (Phi) is 30.4. The average molecular weight is 1800 g/mol. The molecule has 2 aliphatic heterocycles. The van der Waals surface area contributed by atoms with Crippen LogP contribution in [0.4, 0.5) is 0 Å². The Morgan fingerprint density at radius 1 is 0.504 bits per heavy atom. The summed E-state index contributed by atoms with van der Waals surface area (Å²) in [7, 11) is 0. The van der Waals surface area contributed by atoms with E-state index in [2.05, 4.69) is 57.6 Å². The van der Waals surface area contributed by atoms with Crippen LogP contribution in [-0.2, 0) is 117 Å². The minimum Gasteiger partial charge on any atom is -0.494 e. The van der Waals surface area contributed by atoms with Crippen LogP contribution in [0.2, 0.25) is 10.0 Å². The molecule has 12 aromatic rings. The lowest BCUT2D eigenvalue weighted by atomic mass is 9.68. The topological polar surface area (TPSA) is 263 Å². The number of cyclic esters (lactones) is 1. The first kappa shape index (κ1) is 92.1. The number of carbonyl (C=O) groups is 5. The highest BCUT2D eigenvalue weighted by Gasteiger charge is 2.48. The van der Waals surface area contributed by atoms with Crippen molar-refractivity contribution in [2.45, 2.75) is 186 Å². The number of ether oxygens (including phenoxy) is 5. The number of nitrogens with zero attached hydrogens (tertiary/aromatic N) is 10. The zero-order chi connectivity index (χ0) is 90.7. The first-order chi connectivity index (χ1) is 63.9. The van der Waals surface area contributed by atoms with E-state index in [4.69, 9.17) is 71.8 Å². The second kappa shape index (κ2) is 43.2. The van der Waals surface area contributed by atoms with Gasteiger partial charge in [0.2, 0.25) is 11.8 Å². The van der Waals surface area contributed by atoms with Gasteiger partial charge in [-0.15, -0.1) is 0 Å². The molecule has 676 valence electrons. The zero-order valence-electron chi connectivity index (χ0n) is 74.3. The van der Waals surface area contributed by atoms with Gasteiger partial charge in [-0.3, -0.25) is 48.9 Å². The van der Waals surface area contributed by atoms with Gasteiger partial charge in [0.15, 0.2) is 5.60 Å². The van der Waals surface area contributed by atoms with Crippen LogP contribution in [0.3, 0.4) is 0 Å². The molecule has 2 fully saturated rings. The minimum absolute atomic E-state index is 0.0117. The van der Waals surface area contributed by atoms with E-state index in [-0.39, 0.29) is 100 Å². The van der Waals surface area contributed by atoms with Crippen LogP contribution in [0.5, 0.6) is 11.5 Å². The van der Waals surface area contributed by atoms with Gasteiger partial charge in [-0.1, -0.05) is 154 Å². The Labute approximate surface area is 774 Å². The second-order valence-electron chi connectivity index (χ2n) is 34.7. The maximum atomic E-state index is 15.6. The number of halogens is 2. The Morgan fingerprint density at radius 3 is 1.52 bits per heavy atom. The van der Waals surface area contributed by atoms with Crippen LogP contribution in [0.15, 0.2) is 242 Å². The van der Waals surface area contributed by atoms with Gasteiger partial charge >= 0.3 is 11.9 Å². The van der Waals surface area contributed by atoms with E-state index in [1.54, 1.807) is 47.9 Å². The molecule has 0 spiro atoms. The summed E-state index contributed by atoms with van der Waals surface area (Å²) in [6.45, 7) is 10.3. The van der Waals surface area contributed by atoms with Crippen molar-refractivity contribution in [2.24, 2.45) is 0 Å². The molecule has 2 saturated carbocycles. The standard InChI is InChI=1S/C106H111Cl2N11O12/c1-3-90-91-62-88(41-42-95(91)114-97-92(90)72-119-96(97)63-94-93(99(119)121)73-130-103(125)106(94,126)4-2)131-100(122)79-31-27-75(28-32-79)67-118(102(124)105(45-13-6-14-46-105)81-35-39-83(108)40-36-81)53-56-128-58-57-127-55-51-113-98(120)78-29-25-74(26-30-78)66-117(101(123)104(43-11-5-12-44-104)80-33-37-82(107)38-34-80)52-19-20-54-129-89-60-76(64-115(68-84-21-7-15-47-109-84)69-85-22-8-16-48-110-85)59-77(61-89)65-116(70-86-23-9-17-49-111-86)71-87-24-10-18-50-112-87/h7-10,15-18,21-42,47-50,59-63,126H,3-6,11-14,19-20,43-46,51-58,64-73H2,1-2H3,(H,113,120)/t106-/m0/s1. The molecule has 23 nitrogen and oxygen atoms in total. The SMILES string of the molecule is CCc1c2c(nc3ccc(OC(=O)c4ccc(CN(CCOCCOCCNC(=O)c5ccc(CN(CCCCOc6cc(CN(Cc7ccccn7)Cc7ccccn7)cc(CN(Cc7ccccn7)Cc7ccccn7)c6)C(=O)C6(c7ccc(Cl)cc7)CCCCC6)cc5)C(=O)C5(c6ccc(Cl)cc6)CCCCC5)cc4)cc13)-c1cc3c(c(=O)n1C2)COC(=O)[C@]3(O)CC. The van der Waals surface area contributed by atoms with Gasteiger partial charge in [0, 0.05) is 129 Å². The molecule has 0 bridgehead atoms. The van der Waals surface area contributed by atoms with Crippen LogP contribution < -0.4 is 20.3 Å². The van der Waals surface area contributed by atoms with Crippen LogP contribution in [0, 0.1) is 0 Å². The summed E-state index contributed by atoms with van der Waals surface area (Å²) < 4.78 is 31.9. The number of esters is 2. The van der Waals surface area contributed by atoms with Crippen LogP contribution >= 0.6 is 23.2 Å². The van der Waals surface area contributed by atoms with Crippen molar-refractivity contribution in [2.75, 3.05) is 52.7 Å². The van der Waals surface area contributed by atoms with E-state index in [9.17, 15) is 24.3 Å². The van der Waals surface area contributed by atoms with Gasteiger partial charge in [-0.2, -0.15) is 0 Å². The molecule has 131 heavy (non-hydrogen) atoms. The molecule has 8 heterocycles. The third-order valence-corrected chi connectivity index (χ3v) is 26.4. The van der Waals surface area contributed by atoms with Crippen molar-refractivity contribution in [3.05, 3.63) is 347 Å². The number of aliphatic hydroxyl groups is 1. The predicted molar refractivity (Wildman–Crippen MR) is 503 cm³/mol. The number of benzene rings is 6. The second-order valence-corrected chi connectivity index (χ2v) is 35.6. The Balaban J connectivity index is 0.538. The summed E-state index contributed by atoms with van der Waals surface area (Å²) in [6, 6.07) is 67.5. The molecule has 2 N–H and O–H groups in total. The lowest BCUT2D eigenvalue weighted by molar-refractivity contribution is -0.172. The van der Waals surface area contributed by atoms with E-state index in [0.717, 1.165) is 130 Å². The first-order valence-electron chi connectivity index (χ1n) is 45.8. The average Bonchev–Trinajstić information content (AvgIpc) is 1.57. The number of carbonyl (C=O) groups excluding carboxylic acids is 5. The zero-order valence-corrected chi connectivity index (χ0v) is 75.8. The quantitative estimate of drug-likeness (QED) is 0.0205. The van der Waals surface area contributed by atoms with Crippen molar-refractivity contribution in [1.82, 2.24) is 54.4 Å². The van der Waals surface area contributed by atoms with Crippen molar-refractivity contribution < 1.29 is 52.8 Å². The van der Waals surface area contributed by atoms with Crippen molar-refractivity contribution >= 4 is 63.8 Å². The predicted octanol–water partition coefficient (Wildman–Crippen LogP) is 17.9. The third-order valence-electron chi connectivity index (χ3n) is 25.9. The van der Waals surface area contributed by atoms with E-state index in [1.807, 2.05) is 175 Å². The van der Waals surface area contributed by atoms with Crippen LogP contribution in [0.25, 0.3) is 22.3 Å². The summed E-state index contributed by atoms with van der Waals surface area (Å²) in [5.41, 5.74) is 10.5. The summed E-state index contributed by atoms with van der Waals surface area (Å²) >= 11 is 12.9. The van der Waals surface area contributed by atoms with E-state index in [1.165, 1.54) is 0 Å². The maximum Gasteiger partial charge on any atom is 0.343 e. The fourth-order valence-corrected chi connectivity index (χ4v) is 19.3. The van der Waals surface area contributed by atoms with Crippen molar-refractivity contribution in [3.63, 3.8) is 0 Å². The third kappa shape index (κ3) is 22.2. The van der Waals surface area contributed by atoms with Gasteiger partial charge in [-0.25, -0.2) is 14.6 Å². The van der Waals surface area contributed by atoms with Gasteiger partial charge in [0.1, 0.15) is 18.1 Å². The molecule has 16 rings (SSSR count). The number of hydrogen-bond donors (Lipinski definition) is 2. The fourth-order valence-electron chi connectivity index (χ4n) is 19.1. The largest absolute Gasteiger partial charge is 0.494 e. The molecule has 0 radical (unpaired) electrons. The van der Waals surface area contributed by atoms with Crippen LogP contribution in [-0.4, -0.2) is 137 Å². The number of rotatable bonds is 40. The number of fused-ring (bicyclic) bond motifs is 5. The van der Waals surface area contributed by atoms with E-state index in [0.29, 0.717) is 135 Å². The maximum absolute atomic E-state index is 15.6. The highest BCUT2D eigenvalue weighted by molar-refractivity contribution is 6.31. The lowest BCUT2D eigenvalue weighted by Crippen LogP contribution is -2.48. The minimum atomic E-state index is -1.95. The molecule has 4 aliphatic rings. The summed E-state index contributed by atoms with van der Waals surface area (Å²) in [6.07, 6.45) is 17.8. The molecule has 0 unspecified atom stereocenters. The number of aromatic nitrogens is 6. The Hall–Kier alpha value is -12.2. The van der Waals surface area contributed by atoms with Gasteiger partial charge in [0.25, 0.3) is 11.5 Å². The summed E-state index contributed by atoms with van der Waals surface area (Å²) in [4.78, 5) is 118. The molecule has 0 saturated heterocycles. The monoisotopic (exact) mass is 1800 g/mol. The van der Waals surface area contributed by atoms with Crippen molar-refractivity contribution in [3.8, 4) is 22.9 Å². The highest BCUT2D eigenvalue weighted by atomic mass is 35.5. The number of hydrogen-bond acceptors (Lipinski definition) is 19. The number of amides is 3. The summed E-state index contributed by atoms with van der Waals surface area (Å²) in [5.74, 6) is -0.485. The molecule has 2 aliphatic carbocycles. The molecule has 25 heteroatoms. The number of pyridine rings is 6. The van der Waals surface area contributed by atoms with Crippen molar-refractivity contribution in [1.29, 1.82) is 0 Å². The molecule has 1 atom stereocenters. The Bertz CT molecular complexity index is 5820. The highest BCUT2D eigenvalue weighted by Crippen LogP contribution is 2.46. The van der Waals surface area contributed by atoms with Gasteiger partial charge < -0.3 is 48.5 Å². The number of unbranched alkanes of at least 4 members (excludes halogenated alkanes) is 1. The molecule has 6 aromatic heterocycles. The molecular formula is C106H111Cl2N11O12. The Morgan fingerprint density at radius 2 is 1.02 bits per heavy atom. The fraction of sp³-hybridized carbons (Fsp3) is 0.349. The number of nitrogens with one attached hydrogen (secondary N) is 1. The number of aryl methyl sites for hydroxylation is 1. The normalized spacial score (nSPS) is 15.4. The summed E-state index contributed by atoms with van der Waals surface area (Å²) in [5, 5.41) is 16.4. The van der Waals surface area contributed by atoms with E-state index < -0.39 is 28.4 Å². The molecular weight excluding hydrogens is 1690 g/mol. The van der Waals surface area contributed by atoms with Gasteiger partial charge in [0.05, 0.1) is 101 Å². The molecule has 6 aromatic carbocycles. The van der Waals surface area contributed by atoms with Gasteiger partial charge in [-0.05, 0) is 224 Å².